The largest absolute Gasteiger partial charge is 0.493 e. The number of amides is 2. The van der Waals surface area contributed by atoms with Gasteiger partial charge in [0.25, 0.3) is 5.91 Å². The van der Waals surface area contributed by atoms with Crippen molar-refractivity contribution >= 4 is 17.9 Å². The molecule has 1 fully saturated rings. The Labute approximate surface area is 144 Å². The Morgan fingerprint density at radius 1 is 1.12 bits per heavy atom. The summed E-state index contributed by atoms with van der Waals surface area (Å²) in [6.45, 7) is 6.07. The van der Waals surface area contributed by atoms with Crippen LogP contribution in [0.4, 0.5) is 0 Å². The quantitative estimate of drug-likeness (QED) is 0.827. The lowest BCUT2D eigenvalue weighted by atomic mass is 9.76. The Bertz CT molecular complexity index is 610. The van der Waals surface area contributed by atoms with Gasteiger partial charge in [-0.15, -0.1) is 0 Å². The lowest BCUT2D eigenvalue weighted by molar-refractivity contribution is -0.127. The SMILES string of the molecule is CC(=O)NC(=O)/C(C)=C/c1ccc(OCC2(C)CCCCC2)cc1. The summed E-state index contributed by atoms with van der Waals surface area (Å²) in [6, 6.07) is 7.69. The number of hydrogen-bond donors (Lipinski definition) is 1. The van der Waals surface area contributed by atoms with Gasteiger partial charge < -0.3 is 4.74 Å². The number of ether oxygens (including phenoxy) is 1. The fourth-order valence-corrected chi connectivity index (χ4v) is 3.04. The van der Waals surface area contributed by atoms with Gasteiger partial charge in [0.05, 0.1) is 6.61 Å². The van der Waals surface area contributed by atoms with E-state index >= 15 is 0 Å². The second-order valence-corrected chi connectivity index (χ2v) is 7.07. The van der Waals surface area contributed by atoms with E-state index in [-0.39, 0.29) is 17.2 Å². The summed E-state index contributed by atoms with van der Waals surface area (Å²) >= 11 is 0. The molecule has 0 aliphatic heterocycles. The van der Waals surface area contributed by atoms with E-state index in [1.54, 1.807) is 13.0 Å². The third-order valence-corrected chi connectivity index (χ3v) is 4.56. The van der Waals surface area contributed by atoms with Crippen LogP contribution in [-0.2, 0) is 9.59 Å². The lowest BCUT2D eigenvalue weighted by Gasteiger charge is -2.33. The monoisotopic (exact) mass is 329 g/mol. The molecular weight excluding hydrogens is 302 g/mol. The number of nitrogens with one attached hydrogen (secondary N) is 1. The molecule has 1 aliphatic carbocycles. The molecule has 1 aromatic rings. The van der Waals surface area contributed by atoms with Gasteiger partial charge in [0, 0.05) is 17.9 Å². The van der Waals surface area contributed by atoms with Gasteiger partial charge >= 0.3 is 0 Å². The highest BCUT2D eigenvalue weighted by molar-refractivity contribution is 6.05. The number of imide groups is 1. The van der Waals surface area contributed by atoms with Gasteiger partial charge in [-0.1, -0.05) is 38.3 Å². The van der Waals surface area contributed by atoms with Crippen molar-refractivity contribution in [2.45, 2.75) is 52.9 Å². The van der Waals surface area contributed by atoms with Gasteiger partial charge in [0.15, 0.2) is 0 Å². The van der Waals surface area contributed by atoms with Crippen molar-refractivity contribution in [1.29, 1.82) is 0 Å². The van der Waals surface area contributed by atoms with E-state index in [2.05, 4.69) is 12.2 Å². The van der Waals surface area contributed by atoms with E-state index in [1.807, 2.05) is 24.3 Å². The number of hydrogen-bond acceptors (Lipinski definition) is 3. The first-order chi connectivity index (χ1) is 11.4. The first kappa shape index (κ1) is 18.2. The van der Waals surface area contributed by atoms with E-state index in [0.717, 1.165) is 17.9 Å². The Balaban J connectivity index is 1.92. The zero-order valence-corrected chi connectivity index (χ0v) is 14.9. The predicted octanol–water partition coefficient (Wildman–Crippen LogP) is 4.10. The minimum atomic E-state index is -0.368. The van der Waals surface area contributed by atoms with Gasteiger partial charge in [-0.2, -0.15) is 0 Å². The summed E-state index contributed by atoms with van der Waals surface area (Å²) in [5.41, 5.74) is 1.69. The molecule has 1 aliphatic rings. The maximum atomic E-state index is 11.7. The van der Waals surface area contributed by atoms with Gasteiger partial charge in [0.2, 0.25) is 5.91 Å². The molecule has 0 heterocycles. The maximum absolute atomic E-state index is 11.7. The Morgan fingerprint density at radius 3 is 2.33 bits per heavy atom. The number of benzene rings is 1. The molecule has 1 aromatic carbocycles. The normalized spacial score (nSPS) is 17.2. The van der Waals surface area contributed by atoms with Crippen molar-refractivity contribution in [2.24, 2.45) is 5.41 Å². The number of carbonyl (C=O) groups is 2. The summed E-state index contributed by atoms with van der Waals surface area (Å²) in [4.78, 5) is 22.6. The van der Waals surface area contributed by atoms with Gasteiger partial charge in [-0.05, 0) is 43.5 Å². The summed E-state index contributed by atoms with van der Waals surface area (Å²) in [7, 11) is 0. The molecule has 2 amide bonds. The molecule has 4 heteroatoms. The van der Waals surface area contributed by atoms with Crippen molar-refractivity contribution in [3.8, 4) is 5.75 Å². The van der Waals surface area contributed by atoms with Gasteiger partial charge in [-0.3, -0.25) is 14.9 Å². The van der Waals surface area contributed by atoms with Crippen molar-refractivity contribution in [1.82, 2.24) is 5.32 Å². The minimum absolute atomic E-state index is 0.290. The average molecular weight is 329 g/mol. The first-order valence-electron chi connectivity index (χ1n) is 8.61. The molecule has 0 spiro atoms. The van der Waals surface area contributed by atoms with Gasteiger partial charge in [-0.25, -0.2) is 0 Å². The smallest absolute Gasteiger partial charge is 0.253 e. The number of rotatable bonds is 5. The summed E-state index contributed by atoms with van der Waals surface area (Å²) in [5, 5.41) is 2.26. The molecule has 0 saturated heterocycles. The van der Waals surface area contributed by atoms with Crippen LogP contribution < -0.4 is 10.1 Å². The Morgan fingerprint density at radius 2 is 1.75 bits per heavy atom. The highest BCUT2D eigenvalue weighted by Crippen LogP contribution is 2.36. The van der Waals surface area contributed by atoms with E-state index in [9.17, 15) is 9.59 Å². The van der Waals surface area contributed by atoms with E-state index < -0.39 is 0 Å². The summed E-state index contributed by atoms with van der Waals surface area (Å²) < 4.78 is 5.96. The van der Waals surface area contributed by atoms with E-state index in [1.165, 1.54) is 39.0 Å². The van der Waals surface area contributed by atoms with Crippen molar-refractivity contribution in [2.75, 3.05) is 6.61 Å². The second kappa shape index (κ2) is 8.13. The third-order valence-electron chi connectivity index (χ3n) is 4.56. The molecule has 0 aromatic heterocycles. The van der Waals surface area contributed by atoms with Crippen LogP contribution in [0.5, 0.6) is 5.75 Å². The van der Waals surface area contributed by atoms with Crippen LogP contribution in [0.3, 0.4) is 0 Å². The topological polar surface area (TPSA) is 55.4 Å². The van der Waals surface area contributed by atoms with Crippen LogP contribution in [0.25, 0.3) is 6.08 Å². The van der Waals surface area contributed by atoms with Crippen LogP contribution >= 0.6 is 0 Å². The highest BCUT2D eigenvalue weighted by Gasteiger charge is 2.27. The zero-order valence-electron chi connectivity index (χ0n) is 14.9. The molecule has 1 N–H and O–H groups in total. The molecule has 1 saturated carbocycles. The third kappa shape index (κ3) is 5.52. The second-order valence-electron chi connectivity index (χ2n) is 7.07. The minimum Gasteiger partial charge on any atom is -0.493 e. The molecule has 0 atom stereocenters. The van der Waals surface area contributed by atoms with E-state index in [0.29, 0.717) is 5.57 Å². The van der Waals surface area contributed by atoms with Gasteiger partial charge in [0.1, 0.15) is 5.75 Å². The molecule has 2 rings (SSSR count). The zero-order chi connectivity index (χ0) is 17.6. The van der Waals surface area contributed by atoms with E-state index in [4.69, 9.17) is 4.74 Å². The molecule has 24 heavy (non-hydrogen) atoms. The Hall–Kier alpha value is -2.10. The van der Waals surface area contributed by atoms with Crippen molar-refractivity contribution in [3.05, 3.63) is 35.4 Å². The average Bonchev–Trinajstić information content (AvgIpc) is 2.54. The van der Waals surface area contributed by atoms with Crippen LogP contribution in [0.15, 0.2) is 29.8 Å². The van der Waals surface area contributed by atoms with Crippen LogP contribution in [0.2, 0.25) is 0 Å². The van der Waals surface area contributed by atoms with Crippen LogP contribution in [0.1, 0.15) is 58.4 Å². The lowest BCUT2D eigenvalue weighted by Crippen LogP contribution is -2.28. The fraction of sp³-hybridized carbons (Fsp3) is 0.500. The molecule has 0 bridgehead atoms. The fourth-order valence-electron chi connectivity index (χ4n) is 3.04. The van der Waals surface area contributed by atoms with Crippen LogP contribution in [-0.4, -0.2) is 18.4 Å². The highest BCUT2D eigenvalue weighted by atomic mass is 16.5. The Kier molecular flexibility index (Phi) is 6.18. The molecule has 130 valence electrons. The molecule has 0 radical (unpaired) electrons. The summed E-state index contributed by atoms with van der Waals surface area (Å²) in [6.07, 6.45) is 8.16. The summed E-state index contributed by atoms with van der Waals surface area (Å²) in [5.74, 6) is 0.130. The maximum Gasteiger partial charge on any atom is 0.253 e. The standard InChI is InChI=1S/C20H27NO3/c1-15(19(23)21-16(2)22)13-17-7-9-18(10-8-17)24-14-20(3)11-5-4-6-12-20/h7-10,13H,4-6,11-12,14H2,1-3H3,(H,21,22,23)/b15-13+. The van der Waals surface area contributed by atoms with Crippen molar-refractivity contribution < 1.29 is 14.3 Å². The molecule has 0 unspecified atom stereocenters. The molecular formula is C20H27NO3. The van der Waals surface area contributed by atoms with Crippen molar-refractivity contribution in [3.63, 3.8) is 0 Å². The van der Waals surface area contributed by atoms with Crippen LogP contribution in [0, 0.1) is 5.41 Å². The number of carbonyl (C=O) groups excluding carboxylic acids is 2. The predicted molar refractivity (Wildman–Crippen MR) is 95.6 cm³/mol. The molecule has 4 nitrogen and oxygen atoms in total. The first-order valence-corrected chi connectivity index (χ1v) is 8.61.